The third-order valence-corrected chi connectivity index (χ3v) is 3.94. The summed E-state index contributed by atoms with van der Waals surface area (Å²) in [4.78, 5) is 12.0. The molecule has 0 aliphatic heterocycles. The van der Waals surface area contributed by atoms with Crippen LogP contribution in [0.3, 0.4) is 0 Å². The second-order valence-corrected chi connectivity index (χ2v) is 5.20. The maximum atomic E-state index is 5.59. The maximum absolute atomic E-state index is 5.59. The molecule has 3 aromatic rings. The second-order valence-electron chi connectivity index (χ2n) is 4.40. The summed E-state index contributed by atoms with van der Waals surface area (Å²) in [5.41, 5.74) is 12.3. The molecule has 0 saturated carbocycles. The van der Waals surface area contributed by atoms with Crippen LogP contribution in [0.2, 0.25) is 0 Å². The summed E-state index contributed by atoms with van der Waals surface area (Å²) < 4.78 is 1.04. The number of fused-ring (bicyclic) bond motifs is 1. The number of rotatable bonds is 2. The van der Waals surface area contributed by atoms with E-state index in [1.54, 1.807) is 0 Å². The quantitative estimate of drug-likeness (QED) is 0.753. The Balaban J connectivity index is 2.04. The number of aromatic nitrogens is 3. The Morgan fingerprint density at radius 1 is 0.900 bits per heavy atom. The first kappa shape index (κ1) is 12.8. The van der Waals surface area contributed by atoms with Crippen LogP contribution in [-0.2, 0) is 6.42 Å². The molecule has 0 bridgehead atoms. The summed E-state index contributed by atoms with van der Waals surface area (Å²) in [6.07, 6.45) is 0.544. The second kappa shape index (κ2) is 5.05. The molecule has 3 rings (SSSR count). The lowest BCUT2D eigenvalue weighted by Crippen LogP contribution is -2.07. The Morgan fingerprint density at radius 3 is 2.35 bits per heavy atom. The zero-order chi connectivity index (χ0) is 14.1. The predicted molar refractivity (Wildman–Crippen MR) is 83.1 cm³/mol. The van der Waals surface area contributed by atoms with Crippen LogP contribution >= 0.6 is 15.9 Å². The van der Waals surface area contributed by atoms with Gasteiger partial charge in [0.05, 0.1) is 0 Å². The SMILES string of the molecule is Nc1nc(N)nc(Cc2ccc3ccccc3c2Br)n1. The van der Waals surface area contributed by atoms with Crippen molar-refractivity contribution in [1.82, 2.24) is 15.0 Å². The maximum Gasteiger partial charge on any atom is 0.225 e. The topological polar surface area (TPSA) is 90.7 Å². The van der Waals surface area contributed by atoms with Crippen LogP contribution in [0.25, 0.3) is 10.8 Å². The van der Waals surface area contributed by atoms with Crippen molar-refractivity contribution in [2.75, 3.05) is 11.5 Å². The fourth-order valence-electron chi connectivity index (χ4n) is 2.12. The van der Waals surface area contributed by atoms with Gasteiger partial charge >= 0.3 is 0 Å². The Hall–Kier alpha value is -2.21. The lowest BCUT2D eigenvalue weighted by molar-refractivity contribution is 0.938. The van der Waals surface area contributed by atoms with Gasteiger partial charge in [-0.1, -0.05) is 36.4 Å². The Kier molecular flexibility index (Phi) is 3.23. The molecule has 0 aliphatic rings. The summed E-state index contributed by atoms with van der Waals surface area (Å²) in [5, 5.41) is 2.33. The van der Waals surface area contributed by atoms with Crippen molar-refractivity contribution >= 4 is 38.6 Å². The zero-order valence-electron chi connectivity index (χ0n) is 10.5. The number of halogens is 1. The standard InChI is InChI=1S/C14H12BrN5/c15-12-9(6-5-8-3-1-2-4-10(8)12)7-11-18-13(16)20-14(17)19-11/h1-6H,7H2,(H4,16,17,18,19,20). The van der Waals surface area contributed by atoms with Gasteiger partial charge in [-0.2, -0.15) is 15.0 Å². The lowest BCUT2D eigenvalue weighted by atomic mass is 10.0. The number of nitrogens with zero attached hydrogens (tertiary/aromatic N) is 3. The van der Waals surface area contributed by atoms with Crippen LogP contribution in [0.1, 0.15) is 11.4 Å². The largest absolute Gasteiger partial charge is 0.368 e. The molecule has 0 saturated heterocycles. The molecule has 4 N–H and O–H groups in total. The normalized spacial score (nSPS) is 10.8. The third kappa shape index (κ3) is 2.42. The molecule has 0 amide bonds. The minimum Gasteiger partial charge on any atom is -0.368 e. The van der Waals surface area contributed by atoms with Crippen molar-refractivity contribution in [3.8, 4) is 0 Å². The van der Waals surface area contributed by atoms with E-state index in [1.165, 1.54) is 5.39 Å². The fourth-order valence-corrected chi connectivity index (χ4v) is 2.75. The number of benzene rings is 2. The van der Waals surface area contributed by atoms with Gasteiger partial charge in [0.2, 0.25) is 11.9 Å². The fraction of sp³-hybridized carbons (Fsp3) is 0.0714. The van der Waals surface area contributed by atoms with Crippen molar-refractivity contribution in [3.05, 3.63) is 52.3 Å². The molecule has 100 valence electrons. The molecule has 1 aromatic heterocycles. The summed E-state index contributed by atoms with van der Waals surface area (Å²) >= 11 is 3.64. The molecule has 5 nitrogen and oxygen atoms in total. The van der Waals surface area contributed by atoms with Gasteiger partial charge in [-0.15, -0.1) is 0 Å². The Bertz CT molecular complexity index is 767. The average Bonchev–Trinajstić information content (AvgIpc) is 2.41. The zero-order valence-corrected chi connectivity index (χ0v) is 12.1. The minimum absolute atomic E-state index is 0.143. The van der Waals surface area contributed by atoms with Crippen molar-refractivity contribution in [2.24, 2.45) is 0 Å². The van der Waals surface area contributed by atoms with Crippen molar-refractivity contribution in [2.45, 2.75) is 6.42 Å². The van der Waals surface area contributed by atoms with E-state index in [-0.39, 0.29) is 11.9 Å². The first-order valence-corrected chi connectivity index (χ1v) is 6.85. The van der Waals surface area contributed by atoms with Gasteiger partial charge in [-0.05, 0) is 32.3 Å². The first-order valence-electron chi connectivity index (χ1n) is 6.05. The van der Waals surface area contributed by atoms with E-state index in [1.807, 2.05) is 18.2 Å². The molecule has 0 unspecified atom stereocenters. The third-order valence-electron chi connectivity index (χ3n) is 3.01. The summed E-state index contributed by atoms with van der Waals surface area (Å²) in [7, 11) is 0. The number of anilines is 2. The van der Waals surface area contributed by atoms with E-state index in [0.717, 1.165) is 15.4 Å². The van der Waals surface area contributed by atoms with Crippen LogP contribution in [-0.4, -0.2) is 15.0 Å². The van der Waals surface area contributed by atoms with Gasteiger partial charge in [0.25, 0.3) is 0 Å². The molecule has 6 heteroatoms. The molecule has 0 fully saturated rings. The lowest BCUT2D eigenvalue weighted by Gasteiger charge is -2.08. The Morgan fingerprint density at radius 2 is 1.60 bits per heavy atom. The highest BCUT2D eigenvalue weighted by Gasteiger charge is 2.09. The van der Waals surface area contributed by atoms with Crippen molar-refractivity contribution in [1.29, 1.82) is 0 Å². The van der Waals surface area contributed by atoms with Crippen LogP contribution in [0.4, 0.5) is 11.9 Å². The smallest absolute Gasteiger partial charge is 0.225 e. The molecular weight excluding hydrogens is 318 g/mol. The van der Waals surface area contributed by atoms with E-state index < -0.39 is 0 Å². The van der Waals surface area contributed by atoms with E-state index in [4.69, 9.17) is 11.5 Å². The summed E-state index contributed by atoms with van der Waals surface area (Å²) in [5.74, 6) is 0.847. The molecular formula is C14H12BrN5. The van der Waals surface area contributed by atoms with Crippen LogP contribution in [0.5, 0.6) is 0 Å². The molecule has 0 spiro atoms. The van der Waals surface area contributed by atoms with Gasteiger partial charge < -0.3 is 11.5 Å². The van der Waals surface area contributed by atoms with E-state index in [2.05, 4.69) is 49.1 Å². The number of nitrogen functional groups attached to an aromatic ring is 2. The average molecular weight is 330 g/mol. The van der Waals surface area contributed by atoms with E-state index >= 15 is 0 Å². The number of hydrogen-bond acceptors (Lipinski definition) is 5. The predicted octanol–water partition coefficient (Wildman–Crippen LogP) is 2.54. The van der Waals surface area contributed by atoms with Crippen LogP contribution < -0.4 is 11.5 Å². The van der Waals surface area contributed by atoms with Gasteiger partial charge in [0.1, 0.15) is 5.82 Å². The molecule has 0 radical (unpaired) electrons. The Labute approximate surface area is 124 Å². The monoisotopic (exact) mass is 329 g/mol. The van der Waals surface area contributed by atoms with Crippen molar-refractivity contribution < 1.29 is 0 Å². The number of hydrogen-bond donors (Lipinski definition) is 2. The van der Waals surface area contributed by atoms with E-state index in [0.29, 0.717) is 12.2 Å². The van der Waals surface area contributed by atoms with Gasteiger partial charge in [-0.25, -0.2) is 0 Å². The summed E-state index contributed by atoms with van der Waals surface area (Å²) in [6, 6.07) is 12.3. The molecule has 1 heterocycles. The van der Waals surface area contributed by atoms with E-state index in [9.17, 15) is 0 Å². The van der Waals surface area contributed by atoms with Gasteiger partial charge in [-0.3, -0.25) is 0 Å². The summed E-state index contributed by atoms with van der Waals surface area (Å²) in [6.45, 7) is 0. The van der Waals surface area contributed by atoms with Crippen molar-refractivity contribution in [3.63, 3.8) is 0 Å². The molecule has 2 aromatic carbocycles. The first-order chi connectivity index (χ1) is 9.63. The molecule has 0 aliphatic carbocycles. The highest BCUT2D eigenvalue weighted by atomic mass is 79.9. The van der Waals surface area contributed by atoms with Crippen LogP contribution in [0.15, 0.2) is 40.9 Å². The molecule has 0 atom stereocenters. The van der Waals surface area contributed by atoms with Gasteiger partial charge in [0.15, 0.2) is 0 Å². The van der Waals surface area contributed by atoms with Gasteiger partial charge in [0, 0.05) is 10.9 Å². The highest BCUT2D eigenvalue weighted by molar-refractivity contribution is 9.10. The highest BCUT2D eigenvalue weighted by Crippen LogP contribution is 2.28. The number of nitrogens with two attached hydrogens (primary N) is 2. The van der Waals surface area contributed by atoms with Crippen LogP contribution in [0, 0.1) is 0 Å². The molecule has 20 heavy (non-hydrogen) atoms. The minimum atomic E-state index is 0.143.